The molecule has 0 radical (unpaired) electrons. The lowest BCUT2D eigenvalue weighted by Crippen LogP contribution is -2.36. The van der Waals surface area contributed by atoms with Crippen molar-refractivity contribution in [2.75, 3.05) is 40.0 Å². The van der Waals surface area contributed by atoms with Gasteiger partial charge < -0.3 is 28.4 Å². The molecule has 2 atom stereocenters. The summed E-state index contributed by atoms with van der Waals surface area (Å²) in [5.74, 6) is 1.58. The molecule has 0 amide bonds. The molecule has 0 aromatic heterocycles. The Morgan fingerprint density at radius 3 is 1.22 bits per heavy atom. The number of aryl methyl sites for hydroxylation is 6. The maximum atomic E-state index is 6.76. The van der Waals surface area contributed by atoms with E-state index in [1.54, 1.807) is 0 Å². The van der Waals surface area contributed by atoms with Gasteiger partial charge in [-0.15, -0.1) is 0 Å². The Hall–Kier alpha value is -4.20. The van der Waals surface area contributed by atoms with Crippen LogP contribution in [0.3, 0.4) is 0 Å². The number of ether oxygens (including phenoxy) is 6. The van der Waals surface area contributed by atoms with Crippen molar-refractivity contribution in [2.24, 2.45) is 0 Å². The van der Waals surface area contributed by atoms with Crippen LogP contribution in [0.2, 0.25) is 0 Å². The highest BCUT2D eigenvalue weighted by Gasteiger charge is 2.29. The Morgan fingerprint density at radius 2 is 0.907 bits per heavy atom. The summed E-state index contributed by atoms with van der Waals surface area (Å²) < 4.78 is 38.0. The minimum Gasteiger partial charge on any atom is -0.467 e. The Labute approximate surface area is 325 Å². The van der Waals surface area contributed by atoms with Crippen molar-refractivity contribution < 1.29 is 28.4 Å². The highest BCUT2D eigenvalue weighted by atomic mass is 16.7. The SMILES string of the molecule is C=C(C)CO[C@H](Cc1cccc(-c2c(C)cc(C)cc2C)c1OCOCC)[C@@H](Cc1cccc(-c2c(C)cc(C)cc2C)c1OCOCC)OCC(=C)C. The van der Waals surface area contributed by atoms with E-state index in [-0.39, 0.29) is 25.8 Å². The Morgan fingerprint density at radius 1 is 0.556 bits per heavy atom. The fourth-order valence-electron chi connectivity index (χ4n) is 7.33. The predicted octanol–water partition coefficient (Wildman–Crippen LogP) is 11.3. The number of hydrogen-bond donors (Lipinski definition) is 0. The first-order valence-corrected chi connectivity index (χ1v) is 19.2. The second-order valence-corrected chi connectivity index (χ2v) is 14.7. The summed E-state index contributed by atoms with van der Waals surface area (Å²) in [6, 6.07) is 21.6. The quantitative estimate of drug-likeness (QED) is 0.0483. The third-order valence-corrected chi connectivity index (χ3v) is 9.41. The van der Waals surface area contributed by atoms with E-state index >= 15 is 0 Å². The molecular weight excluding hydrogens is 673 g/mol. The maximum absolute atomic E-state index is 6.76. The number of para-hydroxylation sites is 2. The fourth-order valence-corrected chi connectivity index (χ4v) is 7.33. The summed E-state index contributed by atoms with van der Waals surface area (Å²) in [5.41, 5.74) is 15.5. The van der Waals surface area contributed by atoms with Gasteiger partial charge in [0.2, 0.25) is 0 Å². The maximum Gasteiger partial charge on any atom is 0.189 e. The van der Waals surface area contributed by atoms with Crippen molar-refractivity contribution in [3.8, 4) is 33.8 Å². The topological polar surface area (TPSA) is 55.4 Å². The van der Waals surface area contributed by atoms with Crippen molar-refractivity contribution in [3.63, 3.8) is 0 Å². The van der Waals surface area contributed by atoms with Crippen LogP contribution in [-0.4, -0.2) is 52.2 Å². The van der Waals surface area contributed by atoms with Gasteiger partial charge in [0.1, 0.15) is 11.5 Å². The van der Waals surface area contributed by atoms with Crippen molar-refractivity contribution in [3.05, 3.63) is 129 Å². The molecule has 4 aromatic rings. The zero-order valence-electron chi connectivity index (χ0n) is 34.4. The average Bonchev–Trinajstić information content (AvgIpc) is 3.09. The van der Waals surface area contributed by atoms with Crippen LogP contribution in [0.5, 0.6) is 11.5 Å². The molecule has 54 heavy (non-hydrogen) atoms. The third kappa shape index (κ3) is 11.4. The lowest BCUT2D eigenvalue weighted by Gasteiger charge is -2.30. The van der Waals surface area contributed by atoms with Gasteiger partial charge in [0.25, 0.3) is 0 Å². The molecule has 0 saturated carbocycles. The first-order chi connectivity index (χ1) is 25.8. The molecule has 6 heteroatoms. The van der Waals surface area contributed by atoms with Crippen molar-refractivity contribution in [1.82, 2.24) is 0 Å². The third-order valence-electron chi connectivity index (χ3n) is 9.41. The van der Waals surface area contributed by atoms with Crippen molar-refractivity contribution in [2.45, 2.75) is 94.3 Å². The monoisotopic (exact) mass is 734 g/mol. The van der Waals surface area contributed by atoms with E-state index in [1.165, 1.54) is 33.4 Å². The Kier molecular flexibility index (Phi) is 16.1. The smallest absolute Gasteiger partial charge is 0.189 e. The van der Waals surface area contributed by atoms with E-state index < -0.39 is 0 Å². The van der Waals surface area contributed by atoms with Gasteiger partial charge >= 0.3 is 0 Å². The molecule has 0 aliphatic carbocycles. The minimum absolute atomic E-state index is 0.141. The molecule has 0 bridgehead atoms. The number of benzene rings is 4. The number of rotatable bonds is 21. The summed E-state index contributed by atoms with van der Waals surface area (Å²) in [6.07, 6.45) is 0.297. The molecule has 0 fully saturated rings. The molecule has 0 spiro atoms. The zero-order valence-corrected chi connectivity index (χ0v) is 34.4. The van der Waals surface area contributed by atoms with Gasteiger partial charge in [0, 0.05) is 37.2 Å². The molecule has 0 heterocycles. The molecular formula is C48H62O6. The van der Waals surface area contributed by atoms with E-state index in [0.717, 1.165) is 56.0 Å². The van der Waals surface area contributed by atoms with E-state index in [1.807, 2.05) is 27.7 Å². The molecule has 0 saturated heterocycles. The fraction of sp³-hybridized carbons (Fsp3) is 0.417. The summed E-state index contributed by atoms with van der Waals surface area (Å²) in [7, 11) is 0. The molecule has 290 valence electrons. The first kappa shape index (κ1) is 42.5. The average molecular weight is 735 g/mol. The van der Waals surface area contributed by atoms with Gasteiger partial charge in [-0.2, -0.15) is 0 Å². The molecule has 4 rings (SSSR count). The lowest BCUT2D eigenvalue weighted by molar-refractivity contribution is -0.0612. The van der Waals surface area contributed by atoms with E-state index in [2.05, 4.69) is 115 Å². The van der Waals surface area contributed by atoms with Gasteiger partial charge in [0.05, 0.1) is 25.4 Å². The van der Waals surface area contributed by atoms with Gasteiger partial charge in [-0.25, -0.2) is 0 Å². The van der Waals surface area contributed by atoms with E-state index in [4.69, 9.17) is 28.4 Å². The van der Waals surface area contributed by atoms with Crippen LogP contribution in [-0.2, 0) is 31.8 Å². The van der Waals surface area contributed by atoms with Gasteiger partial charge in [-0.3, -0.25) is 0 Å². The first-order valence-electron chi connectivity index (χ1n) is 19.2. The second kappa shape index (κ2) is 20.5. The molecule has 0 aliphatic rings. The zero-order chi connectivity index (χ0) is 39.4. The van der Waals surface area contributed by atoms with Gasteiger partial charge in [-0.05, 0) is 114 Å². The standard InChI is InChI=1S/C48H62O6/c1-13-49-29-53-47-39(17-15-19-41(47)45-35(9)21-33(7)22-36(45)10)25-43(51-27-31(3)4)44(52-28-32(5)6)26-40-18-16-20-42(48(40)54-30-50-14-2)46-37(11)23-34(8)24-38(46)12/h15-24,43-44H,3,5,13-14,25-30H2,1-2,4,6-12H3/t43-,44-/m1/s1. The van der Waals surface area contributed by atoms with E-state index in [0.29, 0.717) is 39.3 Å². The molecule has 0 unspecified atom stereocenters. The van der Waals surface area contributed by atoms with Crippen LogP contribution in [0.1, 0.15) is 72.2 Å². The summed E-state index contributed by atoms with van der Waals surface area (Å²) in [4.78, 5) is 0. The van der Waals surface area contributed by atoms with Crippen LogP contribution in [0, 0.1) is 41.5 Å². The Bertz CT molecular complexity index is 1710. The summed E-state index contributed by atoms with van der Waals surface area (Å²) in [5, 5.41) is 0. The Balaban J connectivity index is 1.86. The van der Waals surface area contributed by atoms with Gasteiger partial charge in [0.15, 0.2) is 13.6 Å². The molecule has 0 N–H and O–H groups in total. The van der Waals surface area contributed by atoms with Crippen LogP contribution in [0.15, 0.2) is 85.0 Å². The molecule has 0 aliphatic heterocycles. The predicted molar refractivity (Wildman–Crippen MR) is 223 cm³/mol. The largest absolute Gasteiger partial charge is 0.467 e. The molecule has 4 aromatic carbocycles. The minimum atomic E-state index is -0.378. The summed E-state index contributed by atoms with van der Waals surface area (Å²) >= 11 is 0. The highest BCUT2D eigenvalue weighted by Crippen LogP contribution is 2.41. The van der Waals surface area contributed by atoms with Crippen LogP contribution in [0.4, 0.5) is 0 Å². The van der Waals surface area contributed by atoms with Crippen LogP contribution in [0.25, 0.3) is 22.3 Å². The van der Waals surface area contributed by atoms with Crippen molar-refractivity contribution in [1.29, 1.82) is 0 Å². The van der Waals surface area contributed by atoms with E-state index in [9.17, 15) is 0 Å². The van der Waals surface area contributed by atoms with Crippen LogP contribution >= 0.6 is 0 Å². The van der Waals surface area contributed by atoms with Gasteiger partial charge in [-0.1, -0.05) is 96.1 Å². The molecule has 6 nitrogen and oxygen atoms in total. The lowest BCUT2D eigenvalue weighted by atomic mass is 9.89. The normalized spacial score (nSPS) is 12.4. The summed E-state index contributed by atoms with van der Waals surface area (Å²) in [6.45, 7) is 31.3. The van der Waals surface area contributed by atoms with Crippen molar-refractivity contribution >= 4 is 0 Å². The number of hydrogen-bond acceptors (Lipinski definition) is 6. The van der Waals surface area contributed by atoms with Crippen LogP contribution < -0.4 is 9.47 Å². The highest BCUT2D eigenvalue weighted by molar-refractivity contribution is 5.79. The second-order valence-electron chi connectivity index (χ2n) is 14.7.